The second-order valence-electron chi connectivity index (χ2n) is 7.58. The number of hydrogen-bond acceptors (Lipinski definition) is 4. The van der Waals surface area contributed by atoms with Gasteiger partial charge in [0, 0.05) is 23.7 Å². The molecule has 3 aromatic carbocycles. The van der Waals surface area contributed by atoms with Crippen molar-refractivity contribution >= 4 is 51.7 Å². The molecule has 1 heterocycles. The van der Waals surface area contributed by atoms with Crippen LogP contribution in [0.25, 0.3) is 0 Å². The topological polar surface area (TPSA) is 61.8 Å². The van der Waals surface area contributed by atoms with E-state index in [2.05, 4.69) is 10.3 Å². The summed E-state index contributed by atoms with van der Waals surface area (Å²) < 4.78 is 27.4. The number of nitrogens with one attached hydrogen (secondary N) is 1. The van der Waals surface area contributed by atoms with Crippen molar-refractivity contribution < 1.29 is 18.4 Å². The van der Waals surface area contributed by atoms with Gasteiger partial charge in [0.2, 0.25) is 11.8 Å². The largest absolute Gasteiger partial charge is 0.326 e. The quantitative estimate of drug-likeness (QED) is 0.445. The van der Waals surface area contributed by atoms with E-state index in [9.17, 15) is 18.4 Å². The fraction of sp³-hybridized carbons (Fsp3) is 0.160. The van der Waals surface area contributed by atoms with Crippen molar-refractivity contribution in [3.05, 3.63) is 95.0 Å². The highest BCUT2D eigenvalue weighted by Gasteiger charge is 2.39. The van der Waals surface area contributed by atoms with Crippen LogP contribution in [0.2, 0.25) is 5.02 Å². The van der Waals surface area contributed by atoms with Crippen LogP contribution in [0.5, 0.6) is 0 Å². The van der Waals surface area contributed by atoms with E-state index in [1.807, 2.05) is 0 Å². The standard InChI is InChI=1S/C25H20ClF2N3O2S/c26-17-4-3-5-19(14-17)29-23(32)15-22-24(33)31(13-12-16-8-10-18(27)11-9-16)25(34-22)30-21-7-2-1-6-20(21)28/h1-11,14,22H,12-13,15H2,(H,29,32)/t22-/m1/s1. The number of anilines is 1. The molecule has 5 nitrogen and oxygen atoms in total. The molecular weight excluding hydrogens is 480 g/mol. The van der Waals surface area contributed by atoms with E-state index >= 15 is 0 Å². The number of thioether (sulfide) groups is 1. The van der Waals surface area contributed by atoms with Gasteiger partial charge in [-0.3, -0.25) is 14.5 Å². The van der Waals surface area contributed by atoms with Crippen LogP contribution in [-0.4, -0.2) is 33.7 Å². The first-order chi connectivity index (χ1) is 16.4. The second-order valence-corrected chi connectivity index (χ2v) is 9.19. The minimum atomic E-state index is -0.710. The summed E-state index contributed by atoms with van der Waals surface area (Å²) in [6, 6.07) is 18.7. The highest BCUT2D eigenvalue weighted by molar-refractivity contribution is 8.15. The van der Waals surface area contributed by atoms with E-state index in [4.69, 9.17) is 11.6 Å². The van der Waals surface area contributed by atoms with Crippen LogP contribution >= 0.6 is 23.4 Å². The smallest absolute Gasteiger partial charge is 0.242 e. The summed E-state index contributed by atoms with van der Waals surface area (Å²) in [5.41, 5.74) is 1.47. The highest BCUT2D eigenvalue weighted by Crippen LogP contribution is 2.33. The van der Waals surface area contributed by atoms with Crippen LogP contribution < -0.4 is 5.32 Å². The summed E-state index contributed by atoms with van der Waals surface area (Å²) >= 11 is 7.08. The highest BCUT2D eigenvalue weighted by atomic mass is 35.5. The number of benzene rings is 3. The molecule has 1 aliphatic heterocycles. The Morgan fingerprint density at radius 1 is 1.06 bits per heavy atom. The van der Waals surface area contributed by atoms with Crippen molar-refractivity contribution in [1.29, 1.82) is 0 Å². The van der Waals surface area contributed by atoms with Crippen LogP contribution in [0.4, 0.5) is 20.2 Å². The molecule has 1 N–H and O–H groups in total. The van der Waals surface area contributed by atoms with Crippen LogP contribution in [-0.2, 0) is 16.0 Å². The lowest BCUT2D eigenvalue weighted by Gasteiger charge is -2.16. The number of aliphatic imine (C=N–C) groups is 1. The molecule has 9 heteroatoms. The van der Waals surface area contributed by atoms with Crippen LogP contribution in [0.3, 0.4) is 0 Å². The summed E-state index contributed by atoms with van der Waals surface area (Å²) in [6.07, 6.45) is 0.365. The first kappa shape index (κ1) is 23.9. The number of amides is 2. The van der Waals surface area contributed by atoms with Crippen molar-refractivity contribution in [2.75, 3.05) is 11.9 Å². The predicted octanol–water partition coefficient (Wildman–Crippen LogP) is 5.82. The Morgan fingerprint density at radius 2 is 1.82 bits per heavy atom. The molecule has 174 valence electrons. The number of halogens is 3. The van der Waals surface area contributed by atoms with E-state index in [0.717, 1.165) is 17.3 Å². The molecule has 0 aliphatic carbocycles. The zero-order valence-corrected chi connectivity index (χ0v) is 19.5. The van der Waals surface area contributed by atoms with Gasteiger partial charge in [0.15, 0.2) is 5.17 Å². The summed E-state index contributed by atoms with van der Waals surface area (Å²) in [4.78, 5) is 31.6. The van der Waals surface area contributed by atoms with Crippen molar-refractivity contribution in [3.63, 3.8) is 0 Å². The van der Waals surface area contributed by atoms with Crippen molar-refractivity contribution in [1.82, 2.24) is 4.90 Å². The molecule has 1 aliphatic rings. The molecule has 3 aromatic rings. The van der Waals surface area contributed by atoms with Gasteiger partial charge in [-0.25, -0.2) is 13.8 Å². The molecule has 34 heavy (non-hydrogen) atoms. The molecule has 0 spiro atoms. The van der Waals surface area contributed by atoms with Crippen molar-refractivity contribution in [3.8, 4) is 0 Å². The van der Waals surface area contributed by atoms with Crippen LogP contribution in [0, 0.1) is 11.6 Å². The molecule has 0 saturated carbocycles. The first-order valence-corrected chi connectivity index (χ1v) is 11.8. The zero-order valence-electron chi connectivity index (χ0n) is 17.9. The maximum Gasteiger partial charge on any atom is 0.242 e. The van der Waals surface area contributed by atoms with Gasteiger partial charge in [-0.05, 0) is 54.4 Å². The summed E-state index contributed by atoms with van der Waals surface area (Å²) in [6.45, 7) is 0.261. The van der Waals surface area contributed by atoms with E-state index < -0.39 is 11.1 Å². The van der Waals surface area contributed by atoms with Gasteiger partial charge >= 0.3 is 0 Å². The van der Waals surface area contributed by atoms with Crippen LogP contribution in [0.1, 0.15) is 12.0 Å². The molecule has 0 unspecified atom stereocenters. The SMILES string of the molecule is O=C(C[C@H]1SC(=Nc2ccccc2F)N(CCc2ccc(F)cc2)C1=O)Nc1cccc(Cl)c1. The number of para-hydroxylation sites is 1. The van der Waals surface area contributed by atoms with Crippen molar-refractivity contribution in [2.45, 2.75) is 18.1 Å². The van der Waals surface area contributed by atoms with Gasteiger partial charge in [-0.2, -0.15) is 0 Å². The van der Waals surface area contributed by atoms with Crippen molar-refractivity contribution in [2.24, 2.45) is 4.99 Å². The first-order valence-electron chi connectivity index (χ1n) is 10.5. The normalized spacial score (nSPS) is 16.8. The Hall–Kier alpha value is -3.23. The fourth-order valence-electron chi connectivity index (χ4n) is 3.41. The number of nitrogens with zero attached hydrogens (tertiary/aromatic N) is 2. The molecule has 1 atom stereocenters. The van der Waals surface area contributed by atoms with Gasteiger partial charge in [-0.15, -0.1) is 0 Å². The maximum absolute atomic E-state index is 14.2. The third-order valence-corrected chi connectivity index (χ3v) is 6.52. The lowest BCUT2D eigenvalue weighted by molar-refractivity contribution is -0.128. The van der Waals surface area contributed by atoms with Gasteiger partial charge in [0.05, 0.1) is 0 Å². The third kappa shape index (κ3) is 6.01. The maximum atomic E-state index is 14.2. The fourth-order valence-corrected chi connectivity index (χ4v) is 4.78. The van der Waals surface area contributed by atoms with Gasteiger partial charge in [0.25, 0.3) is 0 Å². The predicted molar refractivity (Wildman–Crippen MR) is 131 cm³/mol. The molecule has 0 aromatic heterocycles. The minimum Gasteiger partial charge on any atom is -0.326 e. The molecular formula is C25H20ClF2N3O2S. The lowest BCUT2D eigenvalue weighted by Crippen LogP contribution is -2.35. The van der Waals surface area contributed by atoms with Gasteiger partial charge < -0.3 is 5.32 Å². The lowest BCUT2D eigenvalue weighted by atomic mass is 10.1. The number of rotatable bonds is 7. The summed E-state index contributed by atoms with van der Waals surface area (Å²) in [7, 11) is 0. The molecule has 4 rings (SSSR count). The molecule has 0 radical (unpaired) electrons. The molecule has 1 saturated heterocycles. The van der Waals surface area contributed by atoms with Gasteiger partial charge in [-0.1, -0.05) is 53.7 Å². The van der Waals surface area contributed by atoms with Gasteiger partial charge in [0.1, 0.15) is 22.6 Å². The zero-order chi connectivity index (χ0) is 24.1. The molecule has 0 bridgehead atoms. The number of carbonyl (C=O) groups excluding carboxylic acids is 2. The molecule has 2 amide bonds. The monoisotopic (exact) mass is 499 g/mol. The summed E-state index contributed by atoms with van der Waals surface area (Å²) in [5, 5.41) is 2.83. The van der Waals surface area contributed by atoms with E-state index in [1.165, 1.54) is 29.2 Å². The minimum absolute atomic E-state index is 0.0840. The Kier molecular flexibility index (Phi) is 7.59. The van der Waals surface area contributed by atoms with E-state index in [-0.39, 0.29) is 36.3 Å². The van der Waals surface area contributed by atoms with E-state index in [0.29, 0.717) is 22.3 Å². The number of hydrogen-bond donors (Lipinski definition) is 1. The average Bonchev–Trinajstić information content (AvgIpc) is 3.09. The Balaban J connectivity index is 1.52. The summed E-state index contributed by atoms with van der Waals surface area (Å²) in [5.74, 6) is -1.49. The second kappa shape index (κ2) is 10.8. The Labute approximate surface area is 204 Å². The van der Waals surface area contributed by atoms with E-state index in [1.54, 1.807) is 48.5 Å². The Morgan fingerprint density at radius 3 is 2.56 bits per heavy atom. The number of carbonyl (C=O) groups is 2. The molecule has 1 fully saturated rings. The number of amidine groups is 1. The average molecular weight is 500 g/mol. The third-order valence-electron chi connectivity index (χ3n) is 5.11. The Bertz CT molecular complexity index is 1240. The van der Waals surface area contributed by atoms with Crippen LogP contribution in [0.15, 0.2) is 77.8 Å².